The molecule has 0 aromatic heterocycles. The van der Waals surface area contributed by atoms with Crippen LogP contribution in [-0.2, 0) is 20.0 Å². The maximum Gasteiger partial charge on any atom is 0.269 e. The van der Waals surface area contributed by atoms with E-state index >= 15 is 0 Å². The Morgan fingerprint density at radius 1 is 0.828 bits per heavy atom. The topological polar surface area (TPSA) is 118 Å². The lowest BCUT2D eigenvalue weighted by Gasteiger charge is -2.33. The predicted molar refractivity (Wildman–Crippen MR) is 107 cm³/mol. The van der Waals surface area contributed by atoms with Gasteiger partial charge in [-0.2, -0.15) is 8.61 Å². The molecule has 156 valence electrons. The van der Waals surface area contributed by atoms with Gasteiger partial charge in [0, 0.05) is 38.3 Å². The Kier molecular flexibility index (Phi) is 5.77. The lowest BCUT2D eigenvalue weighted by atomic mass is 10.2. The van der Waals surface area contributed by atoms with Gasteiger partial charge in [-0.1, -0.05) is 17.7 Å². The fraction of sp³-hybridized carbons (Fsp3) is 0.333. The summed E-state index contributed by atoms with van der Waals surface area (Å²) in [6, 6.07) is 9.73. The summed E-state index contributed by atoms with van der Waals surface area (Å²) in [5.41, 5.74) is 1.40. The monoisotopic (exact) mass is 439 g/mol. The first-order valence-electron chi connectivity index (χ1n) is 8.85. The van der Waals surface area contributed by atoms with Crippen LogP contribution in [0.4, 0.5) is 5.69 Å². The summed E-state index contributed by atoms with van der Waals surface area (Å²) in [6.45, 7) is 3.68. The third-order valence-electron chi connectivity index (χ3n) is 4.83. The molecule has 1 heterocycles. The van der Waals surface area contributed by atoms with Crippen LogP contribution in [0.2, 0.25) is 0 Å². The molecule has 11 heteroatoms. The van der Waals surface area contributed by atoms with Gasteiger partial charge in [-0.15, -0.1) is 0 Å². The van der Waals surface area contributed by atoms with Gasteiger partial charge in [0.2, 0.25) is 20.0 Å². The van der Waals surface area contributed by atoms with Crippen LogP contribution < -0.4 is 0 Å². The number of piperazine rings is 1. The average Bonchev–Trinajstić information content (AvgIpc) is 2.68. The van der Waals surface area contributed by atoms with Crippen molar-refractivity contribution < 1.29 is 21.8 Å². The molecule has 1 saturated heterocycles. The van der Waals surface area contributed by atoms with Gasteiger partial charge in [-0.05, 0) is 37.6 Å². The summed E-state index contributed by atoms with van der Waals surface area (Å²) in [5.74, 6) is 0. The summed E-state index contributed by atoms with van der Waals surface area (Å²) < 4.78 is 53.9. The first-order chi connectivity index (χ1) is 13.5. The van der Waals surface area contributed by atoms with Crippen LogP contribution in [0.5, 0.6) is 0 Å². The molecule has 1 aliphatic rings. The van der Waals surface area contributed by atoms with Crippen molar-refractivity contribution in [2.75, 3.05) is 26.2 Å². The summed E-state index contributed by atoms with van der Waals surface area (Å²) in [6.07, 6.45) is 0. The summed E-state index contributed by atoms with van der Waals surface area (Å²) in [4.78, 5) is 10.3. The fourth-order valence-corrected chi connectivity index (χ4v) is 6.32. The second-order valence-corrected chi connectivity index (χ2v) is 10.7. The summed E-state index contributed by atoms with van der Waals surface area (Å²) in [7, 11) is -7.58. The highest BCUT2D eigenvalue weighted by Crippen LogP contribution is 2.25. The smallest absolute Gasteiger partial charge is 0.258 e. The van der Waals surface area contributed by atoms with E-state index in [1.54, 1.807) is 25.1 Å². The van der Waals surface area contributed by atoms with Gasteiger partial charge in [-0.3, -0.25) is 10.1 Å². The van der Waals surface area contributed by atoms with Crippen molar-refractivity contribution in [2.24, 2.45) is 0 Å². The number of sulfonamides is 2. The Bertz CT molecular complexity index is 1140. The number of hydrogen-bond donors (Lipinski definition) is 0. The molecule has 0 saturated carbocycles. The quantitative estimate of drug-likeness (QED) is 0.519. The standard InChI is InChI=1S/C18H21N3O6S2/c1-14-3-8-18(15(2)13-14)29(26,27)20-11-9-19(10-12-20)28(24,25)17-6-4-16(5-7-17)21(22)23/h3-8,13H,9-12H2,1-2H3. The molecule has 2 aromatic carbocycles. The highest BCUT2D eigenvalue weighted by atomic mass is 32.2. The highest BCUT2D eigenvalue weighted by molar-refractivity contribution is 7.89. The highest BCUT2D eigenvalue weighted by Gasteiger charge is 2.34. The molecular formula is C18H21N3O6S2. The van der Waals surface area contributed by atoms with Gasteiger partial charge < -0.3 is 0 Å². The maximum absolute atomic E-state index is 12.9. The Morgan fingerprint density at radius 2 is 1.34 bits per heavy atom. The molecule has 0 amide bonds. The van der Waals surface area contributed by atoms with Crippen LogP contribution in [0.3, 0.4) is 0 Å². The van der Waals surface area contributed by atoms with Crippen LogP contribution in [0, 0.1) is 24.0 Å². The molecule has 1 aliphatic heterocycles. The minimum Gasteiger partial charge on any atom is -0.258 e. The molecule has 0 unspecified atom stereocenters. The molecule has 0 atom stereocenters. The predicted octanol–water partition coefficient (Wildman–Crippen LogP) is 1.91. The van der Waals surface area contributed by atoms with Gasteiger partial charge in [0.1, 0.15) is 0 Å². The van der Waals surface area contributed by atoms with E-state index < -0.39 is 25.0 Å². The molecule has 0 bridgehead atoms. The zero-order valence-corrected chi connectivity index (χ0v) is 17.6. The van der Waals surface area contributed by atoms with Crippen molar-refractivity contribution in [1.29, 1.82) is 0 Å². The van der Waals surface area contributed by atoms with Crippen molar-refractivity contribution in [3.63, 3.8) is 0 Å². The molecule has 3 rings (SSSR count). The summed E-state index contributed by atoms with van der Waals surface area (Å²) in [5, 5.41) is 10.7. The SMILES string of the molecule is Cc1ccc(S(=O)(=O)N2CCN(S(=O)(=O)c3ccc([N+](=O)[O-])cc3)CC2)c(C)c1. The second-order valence-electron chi connectivity index (χ2n) is 6.83. The van der Waals surface area contributed by atoms with Crippen molar-refractivity contribution in [3.8, 4) is 0 Å². The molecular weight excluding hydrogens is 418 g/mol. The van der Waals surface area contributed by atoms with E-state index in [1.165, 1.54) is 20.7 Å². The number of aryl methyl sites for hydroxylation is 2. The zero-order chi connectivity index (χ0) is 21.4. The Morgan fingerprint density at radius 3 is 1.83 bits per heavy atom. The van der Waals surface area contributed by atoms with Gasteiger partial charge in [0.15, 0.2) is 0 Å². The van der Waals surface area contributed by atoms with E-state index in [0.29, 0.717) is 5.56 Å². The number of nitro benzene ring substituents is 1. The molecule has 29 heavy (non-hydrogen) atoms. The number of benzene rings is 2. The fourth-order valence-electron chi connectivity index (χ4n) is 3.27. The second kappa shape index (κ2) is 7.82. The third kappa shape index (κ3) is 4.17. The Balaban J connectivity index is 1.76. The van der Waals surface area contributed by atoms with Crippen LogP contribution in [-0.4, -0.2) is 56.5 Å². The first-order valence-corrected chi connectivity index (χ1v) is 11.7. The molecule has 0 radical (unpaired) electrons. The number of non-ortho nitro benzene ring substituents is 1. The van der Waals surface area contributed by atoms with Gasteiger partial charge in [-0.25, -0.2) is 16.8 Å². The van der Waals surface area contributed by atoms with Gasteiger partial charge >= 0.3 is 0 Å². The van der Waals surface area contributed by atoms with E-state index in [0.717, 1.165) is 17.7 Å². The van der Waals surface area contributed by atoms with Gasteiger partial charge in [0.25, 0.3) is 5.69 Å². The number of nitro groups is 1. The lowest BCUT2D eigenvalue weighted by Crippen LogP contribution is -2.50. The van der Waals surface area contributed by atoms with Crippen molar-refractivity contribution >= 4 is 25.7 Å². The van der Waals surface area contributed by atoms with E-state index in [1.807, 2.05) is 6.92 Å². The number of nitrogens with zero attached hydrogens (tertiary/aromatic N) is 3. The lowest BCUT2D eigenvalue weighted by molar-refractivity contribution is -0.384. The van der Waals surface area contributed by atoms with E-state index in [9.17, 15) is 26.9 Å². The minimum atomic E-state index is -3.86. The first kappa shape index (κ1) is 21.4. The normalized spacial score (nSPS) is 16.6. The third-order valence-corrected chi connectivity index (χ3v) is 8.80. The molecule has 0 spiro atoms. The average molecular weight is 440 g/mol. The van der Waals surface area contributed by atoms with E-state index in [2.05, 4.69) is 0 Å². The van der Waals surface area contributed by atoms with Crippen molar-refractivity contribution in [3.05, 3.63) is 63.7 Å². The van der Waals surface area contributed by atoms with E-state index in [4.69, 9.17) is 0 Å². The largest absolute Gasteiger partial charge is 0.269 e. The molecule has 1 fully saturated rings. The minimum absolute atomic E-state index is 0.00343. The Labute approximate surface area is 169 Å². The van der Waals surface area contributed by atoms with Gasteiger partial charge in [0.05, 0.1) is 14.7 Å². The molecule has 9 nitrogen and oxygen atoms in total. The number of hydrogen-bond acceptors (Lipinski definition) is 6. The number of rotatable bonds is 5. The summed E-state index contributed by atoms with van der Waals surface area (Å²) >= 11 is 0. The molecule has 2 aromatic rings. The van der Waals surface area contributed by atoms with E-state index in [-0.39, 0.29) is 41.7 Å². The van der Waals surface area contributed by atoms with Crippen LogP contribution in [0.25, 0.3) is 0 Å². The Hall–Kier alpha value is -2.34. The molecule has 0 aliphatic carbocycles. The maximum atomic E-state index is 12.9. The van der Waals surface area contributed by atoms with Crippen molar-refractivity contribution in [2.45, 2.75) is 23.6 Å². The van der Waals surface area contributed by atoms with Crippen molar-refractivity contribution in [1.82, 2.24) is 8.61 Å². The molecule has 0 N–H and O–H groups in total. The van der Waals surface area contributed by atoms with Crippen LogP contribution >= 0.6 is 0 Å². The van der Waals surface area contributed by atoms with Crippen LogP contribution in [0.1, 0.15) is 11.1 Å². The van der Waals surface area contributed by atoms with Crippen LogP contribution in [0.15, 0.2) is 52.3 Å². The zero-order valence-electron chi connectivity index (χ0n) is 16.0.